The van der Waals surface area contributed by atoms with E-state index in [1.807, 2.05) is 24.3 Å². The lowest BCUT2D eigenvalue weighted by atomic mass is 9.99. The summed E-state index contributed by atoms with van der Waals surface area (Å²) >= 11 is 0. The van der Waals surface area contributed by atoms with E-state index >= 15 is 0 Å². The maximum atomic E-state index is 5.28. The van der Waals surface area contributed by atoms with Crippen LogP contribution in [-0.2, 0) is 6.42 Å². The Morgan fingerprint density at radius 1 is 0.228 bits per heavy atom. The lowest BCUT2D eigenvalue weighted by Crippen LogP contribution is -1.98. The SMILES string of the molecule is c1ccc(-c2ccc(-c3nc4ccc(Cc5ccc6nc(-c7ccc(-c8ccccc8)cc7)c(-c7ccccc7)nc6c5)cc4nc3-c3ccccc3)cc2)cc1. The number of aromatic nitrogens is 4. The van der Waals surface area contributed by atoms with Gasteiger partial charge in [-0.3, -0.25) is 0 Å². The van der Waals surface area contributed by atoms with Crippen LogP contribution >= 0.6 is 0 Å². The molecule has 10 rings (SSSR count). The minimum absolute atomic E-state index is 0.724. The minimum atomic E-state index is 0.724. The monoisotopic (exact) mass is 728 g/mol. The van der Waals surface area contributed by atoms with Crippen LogP contribution in [0.1, 0.15) is 11.1 Å². The number of benzene rings is 8. The Hall–Kier alpha value is -7.56. The highest BCUT2D eigenvalue weighted by molar-refractivity contribution is 5.89. The predicted molar refractivity (Wildman–Crippen MR) is 234 cm³/mol. The third-order valence-corrected chi connectivity index (χ3v) is 10.5. The summed E-state index contributed by atoms with van der Waals surface area (Å²) in [6, 6.07) is 71.7. The lowest BCUT2D eigenvalue weighted by Gasteiger charge is -2.13. The van der Waals surface area contributed by atoms with Gasteiger partial charge in [0.1, 0.15) is 0 Å². The molecule has 0 aliphatic carbocycles. The number of fused-ring (bicyclic) bond motifs is 2. The summed E-state index contributed by atoms with van der Waals surface area (Å²) in [6.45, 7) is 0. The van der Waals surface area contributed by atoms with Gasteiger partial charge in [-0.15, -0.1) is 0 Å². The Kier molecular flexibility index (Phi) is 8.90. The molecule has 0 saturated heterocycles. The first-order chi connectivity index (χ1) is 28.2. The molecule has 268 valence electrons. The van der Waals surface area contributed by atoms with Gasteiger partial charge < -0.3 is 0 Å². The van der Waals surface area contributed by atoms with Crippen molar-refractivity contribution >= 4 is 22.1 Å². The summed E-state index contributed by atoms with van der Waals surface area (Å²) in [5.41, 5.74) is 18.1. The summed E-state index contributed by atoms with van der Waals surface area (Å²) in [4.78, 5) is 21.0. The maximum Gasteiger partial charge on any atom is 0.0973 e. The molecule has 0 bridgehead atoms. The summed E-state index contributed by atoms with van der Waals surface area (Å²) < 4.78 is 0. The van der Waals surface area contributed by atoms with Gasteiger partial charge in [-0.1, -0.05) is 182 Å². The van der Waals surface area contributed by atoms with Crippen molar-refractivity contribution in [2.75, 3.05) is 0 Å². The van der Waals surface area contributed by atoms with E-state index in [9.17, 15) is 0 Å². The van der Waals surface area contributed by atoms with Crippen molar-refractivity contribution in [1.29, 1.82) is 0 Å². The molecule has 0 atom stereocenters. The summed E-state index contributed by atoms with van der Waals surface area (Å²) in [6.07, 6.45) is 0.724. The Bertz CT molecular complexity index is 2780. The van der Waals surface area contributed by atoms with Gasteiger partial charge in [0, 0.05) is 22.3 Å². The normalized spacial score (nSPS) is 11.2. The second-order valence-corrected chi connectivity index (χ2v) is 14.3. The molecular formula is C53H36N4. The van der Waals surface area contributed by atoms with E-state index < -0.39 is 0 Å². The second kappa shape index (κ2) is 14.9. The first-order valence-corrected chi connectivity index (χ1v) is 19.3. The minimum Gasteiger partial charge on any atom is -0.244 e. The topological polar surface area (TPSA) is 51.6 Å². The summed E-state index contributed by atoms with van der Waals surface area (Å²) in [5.74, 6) is 0. The number of hydrogen-bond donors (Lipinski definition) is 0. The van der Waals surface area contributed by atoms with Gasteiger partial charge in [0.2, 0.25) is 0 Å². The van der Waals surface area contributed by atoms with Crippen molar-refractivity contribution in [2.24, 2.45) is 0 Å². The molecule has 0 N–H and O–H groups in total. The van der Waals surface area contributed by atoms with Crippen molar-refractivity contribution in [3.63, 3.8) is 0 Å². The Labute approximate surface area is 331 Å². The quantitative estimate of drug-likeness (QED) is 0.156. The molecule has 0 radical (unpaired) electrons. The first kappa shape index (κ1) is 34.0. The zero-order chi connectivity index (χ0) is 38.0. The molecule has 4 nitrogen and oxygen atoms in total. The first-order valence-electron chi connectivity index (χ1n) is 19.3. The van der Waals surface area contributed by atoms with E-state index in [0.29, 0.717) is 0 Å². The molecule has 0 unspecified atom stereocenters. The van der Waals surface area contributed by atoms with Crippen LogP contribution < -0.4 is 0 Å². The number of hydrogen-bond acceptors (Lipinski definition) is 4. The van der Waals surface area contributed by atoms with E-state index in [1.54, 1.807) is 0 Å². The van der Waals surface area contributed by atoms with Gasteiger partial charge in [0.15, 0.2) is 0 Å². The Morgan fingerprint density at radius 3 is 0.842 bits per heavy atom. The molecule has 10 aromatic rings. The molecule has 4 heteroatoms. The average Bonchev–Trinajstić information content (AvgIpc) is 3.29. The number of rotatable bonds is 8. The van der Waals surface area contributed by atoms with Gasteiger partial charge >= 0.3 is 0 Å². The van der Waals surface area contributed by atoms with Crippen molar-refractivity contribution < 1.29 is 0 Å². The van der Waals surface area contributed by atoms with Gasteiger partial charge in [-0.05, 0) is 64.1 Å². The van der Waals surface area contributed by atoms with E-state index in [0.717, 1.165) is 84.6 Å². The second-order valence-electron chi connectivity index (χ2n) is 14.3. The van der Waals surface area contributed by atoms with E-state index in [1.165, 1.54) is 22.3 Å². The molecule has 8 aromatic carbocycles. The standard InChI is InChI=1S/C53H36N4/c1-5-13-38(14-6-1)40-23-27-44(28-24-40)52-50(42-17-9-3-10-18-42)56-48-34-36(21-31-46(48)54-52)33-37-22-32-47-49(35-37)57-51(43-19-11-4-12-20-43)53(55-47)45-29-25-41(26-30-45)39-15-7-2-8-16-39/h1-32,34-35H,33H2. The number of nitrogens with zero attached hydrogens (tertiary/aromatic N) is 4. The molecule has 2 aromatic heterocycles. The fourth-order valence-electron chi connectivity index (χ4n) is 7.55. The molecule has 0 fully saturated rings. The third-order valence-electron chi connectivity index (χ3n) is 10.5. The van der Waals surface area contributed by atoms with E-state index in [-0.39, 0.29) is 0 Å². The van der Waals surface area contributed by atoms with Crippen LogP contribution in [-0.4, -0.2) is 19.9 Å². The summed E-state index contributed by atoms with van der Waals surface area (Å²) in [5, 5.41) is 0. The van der Waals surface area contributed by atoms with Crippen molar-refractivity contribution in [3.05, 3.63) is 217 Å². The smallest absolute Gasteiger partial charge is 0.0973 e. The largest absolute Gasteiger partial charge is 0.244 e. The fourth-order valence-corrected chi connectivity index (χ4v) is 7.55. The molecule has 0 aliphatic rings. The maximum absolute atomic E-state index is 5.28. The van der Waals surface area contributed by atoms with Crippen LogP contribution in [0.25, 0.3) is 89.4 Å². The van der Waals surface area contributed by atoms with Crippen LogP contribution in [0.3, 0.4) is 0 Å². The van der Waals surface area contributed by atoms with Crippen molar-refractivity contribution in [2.45, 2.75) is 6.42 Å². The average molecular weight is 729 g/mol. The van der Waals surface area contributed by atoms with Crippen LogP contribution in [0.15, 0.2) is 206 Å². The Balaban J connectivity index is 0.993. The molecule has 2 heterocycles. The van der Waals surface area contributed by atoms with Crippen molar-refractivity contribution in [1.82, 2.24) is 19.9 Å². The fraction of sp³-hybridized carbons (Fsp3) is 0.0189. The van der Waals surface area contributed by atoms with Crippen LogP contribution in [0.4, 0.5) is 0 Å². The zero-order valence-corrected chi connectivity index (χ0v) is 31.1. The molecule has 57 heavy (non-hydrogen) atoms. The van der Waals surface area contributed by atoms with Crippen LogP contribution in [0.5, 0.6) is 0 Å². The molecular weight excluding hydrogens is 693 g/mol. The zero-order valence-electron chi connectivity index (χ0n) is 31.1. The molecule has 0 amide bonds. The Morgan fingerprint density at radius 2 is 0.491 bits per heavy atom. The van der Waals surface area contributed by atoms with Gasteiger partial charge in [0.25, 0.3) is 0 Å². The predicted octanol–water partition coefficient (Wildman–Crippen LogP) is 13.2. The highest BCUT2D eigenvalue weighted by Gasteiger charge is 2.16. The third kappa shape index (κ3) is 6.97. The molecule has 0 aliphatic heterocycles. The van der Waals surface area contributed by atoms with Crippen molar-refractivity contribution in [3.8, 4) is 67.3 Å². The highest BCUT2D eigenvalue weighted by atomic mass is 14.8. The van der Waals surface area contributed by atoms with Gasteiger partial charge in [0.05, 0.1) is 44.8 Å². The van der Waals surface area contributed by atoms with Crippen LogP contribution in [0, 0.1) is 0 Å². The summed E-state index contributed by atoms with van der Waals surface area (Å²) in [7, 11) is 0. The van der Waals surface area contributed by atoms with E-state index in [4.69, 9.17) is 19.9 Å². The molecule has 0 spiro atoms. The lowest BCUT2D eigenvalue weighted by molar-refractivity contribution is 1.18. The van der Waals surface area contributed by atoms with Crippen LogP contribution in [0.2, 0.25) is 0 Å². The molecule has 0 saturated carbocycles. The van der Waals surface area contributed by atoms with Gasteiger partial charge in [-0.2, -0.15) is 0 Å². The van der Waals surface area contributed by atoms with E-state index in [2.05, 4.69) is 182 Å². The van der Waals surface area contributed by atoms with Gasteiger partial charge in [-0.25, -0.2) is 19.9 Å². The highest BCUT2D eigenvalue weighted by Crippen LogP contribution is 2.35.